The molecule has 6 nitrogen and oxygen atoms in total. The summed E-state index contributed by atoms with van der Waals surface area (Å²) >= 11 is 1.37. The number of ketones is 1. The molecule has 0 fully saturated rings. The van der Waals surface area contributed by atoms with E-state index in [0.717, 1.165) is 30.0 Å². The lowest BCUT2D eigenvalue weighted by Crippen LogP contribution is -2.20. The largest absolute Gasteiger partial charge is 0.493 e. The molecule has 0 saturated heterocycles. The van der Waals surface area contributed by atoms with Crippen molar-refractivity contribution in [1.82, 2.24) is 4.98 Å². The molecule has 1 N–H and O–H groups in total. The molecule has 0 unspecified atom stereocenters. The van der Waals surface area contributed by atoms with Gasteiger partial charge in [0.2, 0.25) is 0 Å². The van der Waals surface area contributed by atoms with E-state index in [1.165, 1.54) is 16.9 Å². The zero-order valence-electron chi connectivity index (χ0n) is 15.9. The number of carbonyl (C=O) groups is 2. The fourth-order valence-electron chi connectivity index (χ4n) is 3.06. The number of amides is 1. The molecule has 1 aliphatic rings. The van der Waals surface area contributed by atoms with Crippen LogP contribution in [0.5, 0.6) is 11.5 Å². The van der Waals surface area contributed by atoms with Gasteiger partial charge in [-0.2, -0.15) is 0 Å². The zero-order chi connectivity index (χ0) is 20.2. The van der Waals surface area contributed by atoms with Gasteiger partial charge >= 0.3 is 0 Å². The molecule has 2 aromatic carbocycles. The van der Waals surface area contributed by atoms with Crippen molar-refractivity contribution in [2.75, 3.05) is 18.5 Å². The molecule has 0 radical (unpaired) electrons. The second-order valence-electron chi connectivity index (χ2n) is 6.60. The molecule has 0 atom stereocenters. The highest BCUT2D eigenvalue weighted by Crippen LogP contribution is 2.31. The maximum absolute atomic E-state index is 12.2. The average Bonchev–Trinajstić information content (AvgIpc) is 3.41. The van der Waals surface area contributed by atoms with E-state index in [4.69, 9.17) is 9.47 Å². The summed E-state index contributed by atoms with van der Waals surface area (Å²) in [6.07, 6.45) is 1.36. The lowest BCUT2D eigenvalue weighted by molar-refractivity contribution is -0.118. The van der Waals surface area contributed by atoms with E-state index in [1.807, 2.05) is 24.4 Å². The zero-order valence-corrected chi connectivity index (χ0v) is 16.8. The highest BCUT2D eigenvalue weighted by Gasteiger charge is 2.14. The summed E-state index contributed by atoms with van der Waals surface area (Å²) in [4.78, 5) is 28.3. The van der Waals surface area contributed by atoms with Gasteiger partial charge in [0.15, 0.2) is 17.5 Å². The highest BCUT2D eigenvalue weighted by atomic mass is 32.1. The smallest absolute Gasteiger partial charge is 0.264 e. The number of anilines is 1. The Kier molecular flexibility index (Phi) is 5.57. The average molecular weight is 408 g/mol. The summed E-state index contributed by atoms with van der Waals surface area (Å²) in [7, 11) is 0. The molecule has 0 saturated carbocycles. The molecule has 4 rings (SSSR count). The summed E-state index contributed by atoms with van der Waals surface area (Å²) in [5.74, 6) is 1.25. The Morgan fingerprint density at radius 1 is 1.21 bits per heavy atom. The number of nitrogens with one attached hydrogen (secondary N) is 1. The van der Waals surface area contributed by atoms with E-state index in [9.17, 15) is 9.59 Å². The van der Waals surface area contributed by atoms with E-state index >= 15 is 0 Å². The molecule has 3 aromatic rings. The molecule has 0 spiro atoms. The molecule has 1 aliphatic heterocycles. The first kappa shape index (κ1) is 19.1. The monoisotopic (exact) mass is 408 g/mol. The minimum atomic E-state index is -0.290. The lowest BCUT2D eigenvalue weighted by atomic mass is 10.1. The fourth-order valence-corrected chi connectivity index (χ4v) is 3.79. The second-order valence-corrected chi connectivity index (χ2v) is 7.45. The standard InChI is InChI=1S/C22H20N2O4S/c1-2-19(25)14-3-6-17(7-4-14)28-12-21(26)24-22-23-18(13-29-22)15-5-8-20-16(11-15)9-10-27-20/h3-8,11,13H,2,9-10,12H2,1H3,(H,23,24,26). The Hall–Kier alpha value is -3.19. The van der Waals surface area contributed by atoms with Gasteiger partial charge in [0, 0.05) is 29.3 Å². The molecule has 29 heavy (non-hydrogen) atoms. The van der Waals surface area contributed by atoms with Crippen molar-refractivity contribution in [3.05, 3.63) is 59.0 Å². The number of hydrogen-bond acceptors (Lipinski definition) is 6. The Morgan fingerprint density at radius 2 is 2.03 bits per heavy atom. The van der Waals surface area contributed by atoms with Crippen LogP contribution in [0.2, 0.25) is 0 Å². The first-order chi connectivity index (χ1) is 14.1. The Labute approximate surface area is 172 Å². The van der Waals surface area contributed by atoms with Crippen LogP contribution in [0.15, 0.2) is 47.8 Å². The number of ether oxygens (including phenoxy) is 2. The van der Waals surface area contributed by atoms with Crippen LogP contribution in [0.3, 0.4) is 0 Å². The van der Waals surface area contributed by atoms with Gasteiger partial charge in [0.1, 0.15) is 11.5 Å². The van der Waals surface area contributed by atoms with Gasteiger partial charge in [-0.05, 0) is 48.0 Å². The van der Waals surface area contributed by atoms with Gasteiger partial charge in [-0.25, -0.2) is 4.98 Å². The van der Waals surface area contributed by atoms with Crippen LogP contribution in [0, 0.1) is 0 Å². The number of carbonyl (C=O) groups excluding carboxylic acids is 2. The molecule has 148 valence electrons. The number of nitrogens with zero attached hydrogens (tertiary/aromatic N) is 1. The highest BCUT2D eigenvalue weighted by molar-refractivity contribution is 7.14. The Morgan fingerprint density at radius 3 is 2.83 bits per heavy atom. The number of aromatic nitrogens is 1. The summed E-state index contributed by atoms with van der Waals surface area (Å²) in [6, 6.07) is 12.8. The third-order valence-electron chi connectivity index (χ3n) is 4.60. The first-order valence-electron chi connectivity index (χ1n) is 9.40. The number of rotatable bonds is 7. The van der Waals surface area contributed by atoms with Crippen molar-refractivity contribution in [2.24, 2.45) is 0 Å². The molecule has 1 aromatic heterocycles. The fraction of sp³-hybridized carbons (Fsp3) is 0.227. The SMILES string of the molecule is CCC(=O)c1ccc(OCC(=O)Nc2nc(-c3ccc4c(c3)CCO4)cs2)cc1. The molecule has 0 aliphatic carbocycles. The van der Waals surface area contributed by atoms with E-state index in [1.54, 1.807) is 24.3 Å². The summed E-state index contributed by atoms with van der Waals surface area (Å²) in [6.45, 7) is 2.40. The number of hydrogen-bond donors (Lipinski definition) is 1. The van der Waals surface area contributed by atoms with Crippen LogP contribution >= 0.6 is 11.3 Å². The lowest BCUT2D eigenvalue weighted by Gasteiger charge is -2.06. The van der Waals surface area contributed by atoms with Gasteiger partial charge in [0.25, 0.3) is 5.91 Å². The Balaban J connectivity index is 1.33. The normalized spacial score (nSPS) is 12.2. The van der Waals surface area contributed by atoms with Crippen molar-refractivity contribution in [1.29, 1.82) is 0 Å². The molecular weight excluding hydrogens is 388 g/mol. The van der Waals surface area contributed by atoms with Gasteiger partial charge in [0.05, 0.1) is 12.3 Å². The maximum Gasteiger partial charge on any atom is 0.264 e. The maximum atomic E-state index is 12.2. The third-order valence-corrected chi connectivity index (χ3v) is 5.36. The summed E-state index contributed by atoms with van der Waals surface area (Å²) in [5.41, 5.74) is 3.64. The predicted molar refractivity (Wildman–Crippen MR) is 112 cm³/mol. The molecular formula is C22H20N2O4S. The molecule has 0 bridgehead atoms. The van der Waals surface area contributed by atoms with Crippen molar-refractivity contribution < 1.29 is 19.1 Å². The quantitative estimate of drug-likeness (QED) is 0.588. The molecule has 1 amide bonds. The minimum absolute atomic E-state index is 0.0739. The van der Waals surface area contributed by atoms with Crippen LogP contribution in [-0.2, 0) is 11.2 Å². The topological polar surface area (TPSA) is 77.5 Å². The van der Waals surface area contributed by atoms with E-state index in [0.29, 0.717) is 22.9 Å². The van der Waals surface area contributed by atoms with Gasteiger partial charge in [-0.1, -0.05) is 6.92 Å². The van der Waals surface area contributed by atoms with E-state index in [-0.39, 0.29) is 18.3 Å². The number of benzene rings is 2. The summed E-state index contributed by atoms with van der Waals surface area (Å²) < 4.78 is 11.0. The molecule has 7 heteroatoms. The number of thiazole rings is 1. The van der Waals surface area contributed by atoms with Gasteiger partial charge in [-0.3, -0.25) is 14.9 Å². The third kappa shape index (κ3) is 4.46. The van der Waals surface area contributed by atoms with Crippen molar-refractivity contribution in [2.45, 2.75) is 19.8 Å². The molecule has 2 heterocycles. The Bertz CT molecular complexity index is 1040. The van der Waals surface area contributed by atoms with Crippen LogP contribution in [0.4, 0.5) is 5.13 Å². The van der Waals surface area contributed by atoms with Crippen molar-refractivity contribution >= 4 is 28.2 Å². The summed E-state index contributed by atoms with van der Waals surface area (Å²) in [5, 5.41) is 5.19. The van der Waals surface area contributed by atoms with Crippen LogP contribution in [0.25, 0.3) is 11.3 Å². The van der Waals surface area contributed by atoms with Crippen LogP contribution in [0.1, 0.15) is 29.3 Å². The van der Waals surface area contributed by atoms with Crippen LogP contribution in [-0.4, -0.2) is 29.9 Å². The predicted octanol–water partition coefficient (Wildman–Crippen LogP) is 4.36. The second kappa shape index (κ2) is 8.45. The van der Waals surface area contributed by atoms with Gasteiger partial charge < -0.3 is 9.47 Å². The van der Waals surface area contributed by atoms with E-state index < -0.39 is 0 Å². The van der Waals surface area contributed by atoms with Crippen molar-refractivity contribution in [3.63, 3.8) is 0 Å². The number of fused-ring (bicyclic) bond motifs is 1. The van der Waals surface area contributed by atoms with Gasteiger partial charge in [-0.15, -0.1) is 11.3 Å². The first-order valence-corrected chi connectivity index (χ1v) is 10.3. The number of Topliss-reactive ketones (excluding diaryl/α,β-unsaturated/α-hetero) is 1. The minimum Gasteiger partial charge on any atom is -0.493 e. The van der Waals surface area contributed by atoms with Crippen molar-refractivity contribution in [3.8, 4) is 22.8 Å². The van der Waals surface area contributed by atoms with Crippen LogP contribution < -0.4 is 14.8 Å². The van der Waals surface area contributed by atoms with E-state index in [2.05, 4.69) is 16.4 Å².